The van der Waals surface area contributed by atoms with Gasteiger partial charge < -0.3 is 15.3 Å². The van der Waals surface area contributed by atoms with Crippen molar-refractivity contribution in [3.05, 3.63) is 71.8 Å². The van der Waals surface area contributed by atoms with E-state index in [1.165, 1.54) is 0 Å². The summed E-state index contributed by atoms with van der Waals surface area (Å²) in [6, 6.07) is 17.5. The van der Waals surface area contributed by atoms with Gasteiger partial charge >= 0.3 is 0 Å². The third kappa shape index (κ3) is 4.90. The van der Waals surface area contributed by atoms with Crippen LogP contribution in [0.25, 0.3) is 0 Å². The molecule has 0 bridgehead atoms. The maximum Gasteiger partial charge on any atom is 0.251 e. The molecule has 0 aliphatic carbocycles. The lowest BCUT2D eigenvalue weighted by atomic mass is 10.0. The van der Waals surface area contributed by atoms with Crippen LogP contribution in [0.15, 0.2) is 60.7 Å². The van der Waals surface area contributed by atoms with Crippen molar-refractivity contribution in [2.75, 3.05) is 13.7 Å². The molecule has 2 rings (SSSR count). The van der Waals surface area contributed by atoms with Gasteiger partial charge in [-0.05, 0) is 31.0 Å². The quantitative estimate of drug-likeness (QED) is 0.813. The van der Waals surface area contributed by atoms with E-state index in [2.05, 4.69) is 5.32 Å². The second-order valence-electron chi connectivity index (χ2n) is 5.95. The normalized spacial score (nSPS) is 12.9. The van der Waals surface area contributed by atoms with E-state index in [0.717, 1.165) is 5.56 Å². The van der Waals surface area contributed by atoms with Crippen LogP contribution in [0.1, 0.15) is 35.3 Å². The van der Waals surface area contributed by atoms with Crippen LogP contribution in [-0.2, 0) is 4.79 Å². The number of nitrogens with one attached hydrogen (secondary N) is 1. The van der Waals surface area contributed by atoms with Gasteiger partial charge in [0.1, 0.15) is 6.04 Å². The first-order valence-electron chi connectivity index (χ1n) is 8.33. The predicted molar refractivity (Wildman–Crippen MR) is 97.0 cm³/mol. The number of likely N-dealkylation sites (N-methyl/N-ethyl adjacent to an activating group) is 1. The highest BCUT2D eigenvalue weighted by Gasteiger charge is 2.26. The van der Waals surface area contributed by atoms with Crippen molar-refractivity contribution in [3.63, 3.8) is 0 Å². The molecule has 2 N–H and O–H groups in total. The van der Waals surface area contributed by atoms with Crippen molar-refractivity contribution < 1.29 is 14.7 Å². The average Bonchev–Trinajstić information content (AvgIpc) is 2.66. The number of amides is 2. The maximum absolute atomic E-state index is 12.7. The zero-order valence-corrected chi connectivity index (χ0v) is 14.6. The first-order chi connectivity index (χ1) is 12.0. The molecule has 5 nitrogen and oxygen atoms in total. The van der Waals surface area contributed by atoms with Gasteiger partial charge in [-0.15, -0.1) is 0 Å². The molecule has 5 heteroatoms. The molecule has 25 heavy (non-hydrogen) atoms. The van der Waals surface area contributed by atoms with Gasteiger partial charge in [0.05, 0.1) is 6.04 Å². The highest BCUT2D eigenvalue weighted by atomic mass is 16.3. The molecular formula is C20H24N2O3. The van der Waals surface area contributed by atoms with Crippen molar-refractivity contribution in [3.8, 4) is 0 Å². The monoisotopic (exact) mass is 340 g/mol. The first kappa shape index (κ1) is 18.7. The molecule has 0 saturated carbocycles. The van der Waals surface area contributed by atoms with Crippen molar-refractivity contribution >= 4 is 11.8 Å². The van der Waals surface area contributed by atoms with Gasteiger partial charge in [-0.3, -0.25) is 9.59 Å². The van der Waals surface area contributed by atoms with Gasteiger partial charge in [-0.25, -0.2) is 0 Å². The molecule has 0 spiro atoms. The SMILES string of the molecule is CC(NC(=O)c1ccccc1)C(=O)N(C)C(CCO)c1ccccc1. The minimum absolute atomic E-state index is 0.0259. The molecular weight excluding hydrogens is 316 g/mol. The number of carbonyl (C=O) groups excluding carboxylic acids is 2. The fraction of sp³-hybridized carbons (Fsp3) is 0.300. The van der Waals surface area contributed by atoms with E-state index in [4.69, 9.17) is 0 Å². The smallest absolute Gasteiger partial charge is 0.251 e. The van der Waals surface area contributed by atoms with E-state index in [9.17, 15) is 14.7 Å². The average molecular weight is 340 g/mol. The number of nitrogens with zero attached hydrogens (tertiary/aromatic N) is 1. The molecule has 0 aliphatic heterocycles. The predicted octanol–water partition coefficient (Wildman–Crippen LogP) is 2.39. The van der Waals surface area contributed by atoms with E-state index >= 15 is 0 Å². The Labute approximate surface area is 148 Å². The van der Waals surface area contributed by atoms with Gasteiger partial charge in [0.15, 0.2) is 0 Å². The van der Waals surface area contributed by atoms with E-state index in [1.807, 2.05) is 36.4 Å². The van der Waals surface area contributed by atoms with E-state index in [1.54, 1.807) is 43.1 Å². The molecule has 0 heterocycles. The Bertz CT molecular complexity index is 689. The number of hydrogen-bond acceptors (Lipinski definition) is 3. The summed E-state index contributed by atoms with van der Waals surface area (Å²) in [5.74, 6) is -0.486. The van der Waals surface area contributed by atoms with Gasteiger partial charge in [-0.2, -0.15) is 0 Å². The molecule has 2 aromatic carbocycles. The minimum Gasteiger partial charge on any atom is -0.396 e. The Kier molecular flexibility index (Phi) is 6.71. The molecule has 0 radical (unpaired) electrons. The Morgan fingerprint density at radius 3 is 2.16 bits per heavy atom. The second-order valence-corrected chi connectivity index (χ2v) is 5.95. The molecule has 2 amide bonds. The summed E-state index contributed by atoms with van der Waals surface area (Å²) in [6.45, 7) is 1.64. The van der Waals surface area contributed by atoms with Gasteiger partial charge in [0, 0.05) is 19.2 Å². The Hall–Kier alpha value is -2.66. The highest BCUT2D eigenvalue weighted by molar-refractivity contribution is 5.97. The number of carbonyl (C=O) groups is 2. The minimum atomic E-state index is -0.664. The molecule has 2 atom stereocenters. The molecule has 0 fully saturated rings. The third-order valence-electron chi connectivity index (χ3n) is 4.16. The maximum atomic E-state index is 12.7. The van der Waals surface area contributed by atoms with E-state index in [0.29, 0.717) is 12.0 Å². The van der Waals surface area contributed by atoms with Crippen LogP contribution in [0.3, 0.4) is 0 Å². The van der Waals surface area contributed by atoms with Crippen LogP contribution in [-0.4, -0.2) is 41.5 Å². The van der Waals surface area contributed by atoms with E-state index in [-0.39, 0.29) is 24.5 Å². The summed E-state index contributed by atoms with van der Waals surface area (Å²) in [7, 11) is 1.70. The number of hydrogen-bond donors (Lipinski definition) is 2. The molecule has 0 saturated heterocycles. The van der Waals surface area contributed by atoms with Crippen molar-refractivity contribution in [1.29, 1.82) is 0 Å². The number of benzene rings is 2. The topological polar surface area (TPSA) is 69.6 Å². The number of rotatable bonds is 7. The Morgan fingerprint density at radius 1 is 1.04 bits per heavy atom. The molecule has 2 aromatic rings. The first-order valence-corrected chi connectivity index (χ1v) is 8.33. The van der Waals surface area contributed by atoms with E-state index < -0.39 is 6.04 Å². The van der Waals surface area contributed by atoms with Gasteiger partial charge in [-0.1, -0.05) is 48.5 Å². The van der Waals surface area contributed by atoms with Crippen molar-refractivity contribution in [2.24, 2.45) is 0 Å². The standard InChI is InChI=1S/C20H24N2O3/c1-15(21-19(24)17-11-7-4-8-12-17)20(25)22(2)18(13-14-23)16-9-5-3-6-10-16/h3-12,15,18,23H,13-14H2,1-2H3,(H,21,24). The fourth-order valence-corrected chi connectivity index (χ4v) is 2.77. The highest BCUT2D eigenvalue weighted by Crippen LogP contribution is 2.23. The van der Waals surface area contributed by atoms with Gasteiger partial charge in [0.2, 0.25) is 5.91 Å². The summed E-state index contributed by atoms with van der Waals surface area (Å²) in [4.78, 5) is 26.5. The van der Waals surface area contributed by atoms with Crippen LogP contribution < -0.4 is 5.32 Å². The molecule has 2 unspecified atom stereocenters. The zero-order chi connectivity index (χ0) is 18.2. The zero-order valence-electron chi connectivity index (χ0n) is 14.6. The summed E-state index contributed by atoms with van der Waals surface area (Å²) >= 11 is 0. The van der Waals surface area contributed by atoms with Gasteiger partial charge in [0.25, 0.3) is 5.91 Å². The lowest BCUT2D eigenvalue weighted by Crippen LogP contribution is -2.46. The number of aliphatic hydroxyl groups excluding tert-OH is 1. The summed E-state index contributed by atoms with van der Waals surface area (Å²) in [5.41, 5.74) is 1.47. The van der Waals surface area contributed by atoms with Crippen LogP contribution in [0.4, 0.5) is 0 Å². The molecule has 0 aromatic heterocycles. The Balaban J connectivity index is 2.07. The molecule has 132 valence electrons. The van der Waals surface area contributed by atoms with Crippen molar-refractivity contribution in [1.82, 2.24) is 10.2 Å². The third-order valence-corrected chi connectivity index (χ3v) is 4.16. The van der Waals surface area contributed by atoms with Crippen LogP contribution in [0.5, 0.6) is 0 Å². The molecule has 0 aliphatic rings. The van der Waals surface area contributed by atoms with Crippen LogP contribution in [0, 0.1) is 0 Å². The summed E-state index contributed by atoms with van der Waals surface area (Å²) < 4.78 is 0. The second kappa shape index (κ2) is 8.99. The number of aliphatic hydroxyl groups is 1. The van der Waals surface area contributed by atoms with Crippen LogP contribution >= 0.6 is 0 Å². The Morgan fingerprint density at radius 2 is 1.60 bits per heavy atom. The van der Waals surface area contributed by atoms with Crippen LogP contribution in [0.2, 0.25) is 0 Å². The largest absolute Gasteiger partial charge is 0.396 e. The lowest BCUT2D eigenvalue weighted by Gasteiger charge is -2.30. The summed E-state index contributed by atoms with van der Waals surface area (Å²) in [6.07, 6.45) is 0.436. The lowest BCUT2D eigenvalue weighted by molar-refractivity contribution is -0.134. The fourth-order valence-electron chi connectivity index (χ4n) is 2.77. The van der Waals surface area contributed by atoms with Crippen molar-refractivity contribution in [2.45, 2.75) is 25.4 Å². The summed E-state index contributed by atoms with van der Waals surface area (Å²) in [5, 5.41) is 12.1.